The molecule has 0 saturated heterocycles. The zero-order valence-corrected chi connectivity index (χ0v) is 14.6. The molecule has 0 N–H and O–H groups in total. The van der Waals surface area contributed by atoms with Gasteiger partial charge in [0.05, 0.1) is 11.4 Å². The maximum Gasteiger partial charge on any atom is 0.267 e. The summed E-state index contributed by atoms with van der Waals surface area (Å²) in [6.45, 7) is 3.84. The highest BCUT2D eigenvalue weighted by atomic mass is 16.2. The predicted molar refractivity (Wildman–Crippen MR) is 103 cm³/mol. The summed E-state index contributed by atoms with van der Waals surface area (Å²) in [7, 11) is 0. The monoisotopic (exact) mass is 342 g/mol. The Morgan fingerprint density at radius 2 is 1.62 bits per heavy atom. The van der Waals surface area contributed by atoms with Crippen molar-refractivity contribution in [3.05, 3.63) is 84.0 Å². The van der Waals surface area contributed by atoms with Gasteiger partial charge in [0.25, 0.3) is 5.91 Å². The van der Waals surface area contributed by atoms with E-state index in [-0.39, 0.29) is 11.7 Å². The molecule has 2 aliphatic rings. The van der Waals surface area contributed by atoms with Gasteiger partial charge in [0.2, 0.25) is 0 Å². The normalized spacial score (nSPS) is 22.0. The molecule has 1 spiro atoms. The summed E-state index contributed by atoms with van der Waals surface area (Å²) in [5, 5.41) is 5.96. The van der Waals surface area contributed by atoms with Crippen LogP contribution < -0.4 is 5.01 Å². The minimum atomic E-state index is -1.04. The number of amides is 1. The van der Waals surface area contributed by atoms with E-state index in [1.165, 1.54) is 11.1 Å². The molecule has 128 valence electrons. The minimum absolute atomic E-state index is 0.120. The standard InChI is InChI=1S/C22H18N2O2/c1-15-8-10-17(11-9-15)20-14-19(25)12-13-22(20)16(2)23-24(21(22)26)18-6-4-3-5-7-18/h3-14H,1-2H3. The Balaban J connectivity index is 1.86. The van der Waals surface area contributed by atoms with Crippen molar-refractivity contribution in [2.75, 3.05) is 5.01 Å². The van der Waals surface area contributed by atoms with Gasteiger partial charge in [-0.25, -0.2) is 0 Å². The number of hydrogen-bond donors (Lipinski definition) is 0. The van der Waals surface area contributed by atoms with Crippen molar-refractivity contribution in [3.63, 3.8) is 0 Å². The second kappa shape index (κ2) is 5.92. The third-order valence-corrected chi connectivity index (χ3v) is 4.92. The Kier molecular flexibility index (Phi) is 3.69. The molecule has 0 fully saturated rings. The summed E-state index contributed by atoms with van der Waals surface area (Å²) < 4.78 is 0. The van der Waals surface area contributed by atoms with Gasteiger partial charge in [-0.15, -0.1) is 0 Å². The van der Waals surface area contributed by atoms with Gasteiger partial charge in [0.15, 0.2) is 5.78 Å². The van der Waals surface area contributed by atoms with Gasteiger partial charge in [0, 0.05) is 0 Å². The summed E-state index contributed by atoms with van der Waals surface area (Å²) >= 11 is 0. The first-order valence-corrected chi connectivity index (χ1v) is 8.50. The maximum absolute atomic E-state index is 13.5. The number of carbonyl (C=O) groups excluding carboxylic acids is 2. The molecule has 1 unspecified atom stereocenters. The molecular formula is C22H18N2O2. The lowest BCUT2D eigenvalue weighted by molar-refractivity contribution is -0.120. The van der Waals surface area contributed by atoms with Crippen molar-refractivity contribution in [2.24, 2.45) is 10.5 Å². The molecule has 0 saturated carbocycles. The summed E-state index contributed by atoms with van der Waals surface area (Å²) in [6.07, 6.45) is 4.70. The van der Waals surface area contributed by atoms with Crippen LogP contribution in [0, 0.1) is 12.3 Å². The third kappa shape index (κ3) is 2.34. The van der Waals surface area contributed by atoms with Gasteiger partial charge in [-0.1, -0.05) is 54.1 Å². The minimum Gasteiger partial charge on any atom is -0.290 e. The van der Waals surface area contributed by atoms with E-state index in [0.717, 1.165) is 11.1 Å². The van der Waals surface area contributed by atoms with Gasteiger partial charge in [-0.3, -0.25) is 9.59 Å². The number of benzene rings is 2. The predicted octanol–water partition coefficient (Wildman–Crippen LogP) is 3.93. The van der Waals surface area contributed by atoms with E-state index in [1.807, 2.05) is 68.4 Å². The fraction of sp³-hybridized carbons (Fsp3) is 0.136. The van der Waals surface area contributed by atoms with Crippen LogP contribution in [-0.4, -0.2) is 17.4 Å². The fourth-order valence-electron chi connectivity index (χ4n) is 3.49. The smallest absolute Gasteiger partial charge is 0.267 e. The number of rotatable bonds is 2. The first-order valence-electron chi connectivity index (χ1n) is 8.50. The molecule has 0 bridgehead atoms. The lowest BCUT2D eigenvalue weighted by Crippen LogP contribution is -2.40. The van der Waals surface area contributed by atoms with Crippen LogP contribution in [0.15, 0.2) is 77.9 Å². The van der Waals surface area contributed by atoms with Crippen molar-refractivity contribution in [3.8, 4) is 0 Å². The van der Waals surface area contributed by atoms with E-state index in [0.29, 0.717) is 17.0 Å². The van der Waals surface area contributed by atoms with Crippen molar-refractivity contribution in [1.82, 2.24) is 0 Å². The van der Waals surface area contributed by atoms with Gasteiger partial charge >= 0.3 is 0 Å². The van der Waals surface area contributed by atoms with Crippen LogP contribution in [0.4, 0.5) is 5.69 Å². The summed E-state index contributed by atoms with van der Waals surface area (Å²) in [5.74, 6) is -0.290. The average molecular weight is 342 g/mol. The Hall–Kier alpha value is -3.27. The van der Waals surface area contributed by atoms with Crippen LogP contribution in [0.25, 0.3) is 5.57 Å². The number of anilines is 1. The topological polar surface area (TPSA) is 49.7 Å². The number of carbonyl (C=O) groups is 2. The second-order valence-electron chi connectivity index (χ2n) is 6.61. The summed E-state index contributed by atoms with van der Waals surface area (Å²) in [6, 6.07) is 17.2. The SMILES string of the molecule is CC1=NN(c2ccccc2)C(=O)C12C=CC(=O)C=C2c1ccc(C)cc1. The summed E-state index contributed by atoms with van der Waals surface area (Å²) in [4.78, 5) is 25.5. The Bertz CT molecular complexity index is 985. The largest absolute Gasteiger partial charge is 0.290 e. The molecule has 0 aromatic heterocycles. The number of hydrogen-bond acceptors (Lipinski definition) is 3. The van der Waals surface area contributed by atoms with Crippen molar-refractivity contribution < 1.29 is 9.59 Å². The van der Waals surface area contributed by atoms with E-state index >= 15 is 0 Å². The van der Waals surface area contributed by atoms with Crippen LogP contribution in [0.2, 0.25) is 0 Å². The number of para-hydroxylation sites is 1. The molecule has 2 aromatic rings. The van der Waals surface area contributed by atoms with Crippen LogP contribution in [0.5, 0.6) is 0 Å². The third-order valence-electron chi connectivity index (χ3n) is 4.92. The zero-order chi connectivity index (χ0) is 18.3. The zero-order valence-electron chi connectivity index (χ0n) is 14.6. The lowest BCUT2D eigenvalue weighted by atomic mass is 9.70. The van der Waals surface area contributed by atoms with Crippen LogP contribution in [-0.2, 0) is 9.59 Å². The maximum atomic E-state index is 13.5. The van der Waals surface area contributed by atoms with E-state index in [2.05, 4.69) is 5.10 Å². The number of allylic oxidation sites excluding steroid dienone is 2. The number of hydrazone groups is 1. The Morgan fingerprint density at radius 1 is 0.923 bits per heavy atom. The van der Waals surface area contributed by atoms with E-state index in [9.17, 15) is 9.59 Å². The summed E-state index contributed by atoms with van der Waals surface area (Å²) in [5.41, 5.74) is 2.97. The number of ketones is 1. The van der Waals surface area contributed by atoms with Crippen molar-refractivity contribution in [1.29, 1.82) is 0 Å². The van der Waals surface area contributed by atoms with Crippen LogP contribution >= 0.6 is 0 Å². The highest BCUT2D eigenvalue weighted by molar-refractivity contribution is 6.30. The number of aryl methyl sites for hydroxylation is 1. The second-order valence-corrected chi connectivity index (χ2v) is 6.61. The molecule has 4 nitrogen and oxygen atoms in total. The molecule has 1 aliphatic heterocycles. The molecule has 1 heterocycles. The van der Waals surface area contributed by atoms with Crippen molar-refractivity contribution >= 4 is 28.7 Å². The quantitative estimate of drug-likeness (QED) is 0.830. The molecule has 1 aliphatic carbocycles. The van der Waals surface area contributed by atoms with Gasteiger partial charge in [-0.05, 0) is 49.3 Å². The molecule has 1 atom stereocenters. The fourth-order valence-corrected chi connectivity index (χ4v) is 3.49. The van der Waals surface area contributed by atoms with Crippen LogP contribution in [0.1, 0.15) is 18.1 Å². The van der Waals surface area contributed by atoms with E-state index in [1.54, 1.807) is 12.2 Å². The molecule has 1 amide bonds. The molecule has 26 heavy (non-hydrogen) atoms. The first kappa shape index (κ1) is 16.2. The molecular weight excluding hydrogens is 324 g/mol. The van der Waals surface area contributed by atoms with Gasteiger partial charge in [0.1, 0.15) is 5.41 Å². The van der Waals surface area contributed by atoms with E-state index < -0.39 is 5.41 Å². The van der Waals surface area contributed by atoms with Gasteiger partial charge in [-0.2, -0.15) is 10.1 Å². The molecule has 4 heteroatoms. The molecule has 0 radical (unpaired) electrons. The average Bonchev–Trinajstić information content (AvgIpc) is 2.90. The number of nitrogens with zero attached hydrogens (tertiary/aromatic N) is 2. The lowest BCUT2D eigenvalue weighted by Gasteiger charge is -2.30. The Labute approximate surface area is 152 Å². The molecule has 2 aromatic carbocycles. The van der Waals surface area contributed by atoms with Crippen LogP contribution in [0.3, 0.4) is 0 Å². The van der Waals surface area contributed by atoms with Crippen molar-refractivity contribution in [2.45, 2.75) is 13.8 Å². The highest BCUT2D eigenvalue weighted by Crippen LogP contribution is 2.46. The highest BCUT2D eigenvalue weighted by Gasteiger charge is 2.52. The first-order chi connectivity index (χ1) is 12.5. The van der Waals surface area contributed by atoms with E-state index in [4.69, 9.17) is 0 Å². The Morgan fingerprint density at radius 3 is 2.31 bits per heavy atom. The van der Waals surface area contributed by atoms with Gasteiger partial charge < -0.3 is 0 Å². The molecule has 4 rings (SSSR count).